The molecule has 140 valence electrons. The summed E-state index contributed by atoms with van der Waals surface area (Å²) >= 11 is 0. The monoisotopic (exact) mass is 367 g/mol. The van der Waals surface area contributed by atoms with E-state index in [1.54, 1.807) is 14.1 Å². The van der Waals surface area contributed by atoms with Crippen molar-refractivity contribution in [3.8, 4) is 0 Å². The zero-order valence-electron chi connectivity index (χ0n) is 13.9. The summed E-state index contributed by atoms with van der Waals surface area (Å²) in [6.45, 7) is 1.43. The quantitative estimate of drug-likeness (QED) is 0.336. The third-order valence-electron chi connectivity index (χ3n) is 2.94. The Bertz CT molecular complexity index is 679. The van der Waals surface area contributed by atoms with E-state index in [0.717, 1.165) is 0 Å². The minimum Gasteiger partial charge on any atom is -0.466 e. The molecule has 11 heteroatoms. The van der Waals surface area contributed by atoms with E-state index in [-0.39, 0.29) is 6.61 Å². The lowest BCUT2D eigenvalue weighted by molar-refractivity contribution is -0.459. The Morgan fingerprint density at radius 2 is 2.00 bits per heavy atom. The average Bonchev–Trinajstić information content (AvgIpc) is 2.95. The maximum Gasteiger partial charge on any atom is 0.432 e. The van der Waals surface area contributed by atoms with Crippen LogP contribution in [-0.4, -0.2) is 61.9 Å². The van der Waals surface area contributed by atoms with Crippen LogP contribution in [0.5, 0.6) is 0 Å². The van der Waals surface area contributed by atoms with E-state index < -0.39 is 40.9 Å². The van der Waals surface area contributed by atoms with Gasteiger partial charge in [-0.2, -0.15) is 13.2 Å². The first-order valence-electron chi connectivity index (χ1n) is 6.94. The highest BCUT2D eigenvalue weighted by atomic mass is 19.4. The van der Waals surface area contributed by atoms with Crippen LogP contribution in [0.4, 0.5) is 19.1 Å². The smallest absolute Gasteiger partial charge is 0.432 e. The van der Waals surface area contributed by atoms with Gasteiger partial charge in [-0.05, 0) is 6.92 Å². The summed E-state index contributed by atoms with van der Waals surface area (Å²) in [6, 6.07) is 0.578. The summed E-state index contributed by atoms with van der Waals surface area (Å²) in [5, 5.41) is 12.4. The first kappa shape index (κ1) is 20.5. The number of rotatable bonds is 6. The first-order valence-corrected chi connectivity index (χ1v) is 6.94. The number of hydrogen-bond donors (Lipinski definition) is 2. The van der Waals surface area contributed by atoms with Crippen LogP contribution in [0.25, 0.3) is 0 Å². The van der Waals surface area contributed by atoms with E-state index in [0.29, 0.717) is 13.2 Å². The molecule has 0 bridgehead atoms. The molecule has 1 rings (SSSR count). The van der Waals surface area contributed by atoms with E-state index in [1.165, 1.54) is 17.8 Å². The first-order chi connectivity index (χ1) is 11.5. The second kappa shape index (κ2) is 7.55. The van der Waals surface area contributed by atoms with Gasteiger partial charge in [-0.1, -0.05) is 0 Å². The van der Waals surface area contributed by atoms with Gasteiger partial charge < -0.3 is 19.0 Å². The van der Waals surface area contributed by atoms with Gasteiger partial charge in [-0.15, -0.1) is 0 Å². The standard InChI is InChI=1S/C14H17F3N2O6/c1-5-24-11(20)9-6-8(10(25-9)18-7-19(2)3)13(22,12(21)23-4)14(15,16)17/h6-7,22H,5H2,1-4H3/p+1/t13-/m0/s1. The number of esters is 2. The Balaban J connectivity index is 3.59. The molecule has 0 saturated carbocycles. The number of aliphatic hydroxyl groups is 1. The molecule has 1 aromatic rings. The molecule has 2 N–H and O–H groups in total. The van der Waals surface area contributed by atoms with Crippen LogP contribution in [-0.2, 0) is 19.9 Å². The van der Waals surface area contributed by atoms with Gasteiger partial charge in [0.25, 0.3) is 11.5 Å². The zero-order chi connectivity index (χ0) is 19.4. The normalized spacial score (nSPS) is 13.6. The summed E-state index contributed by atoms with van der Waals surface area (Å²) in [5.74, 6) is -4.33. The van der Waals surface area contributed by atoms with Crippen LogP contribution in [0.2, 0.25) is 0 Å². The lowest BCUT2D eigenvalue weighted by Crippen LogP contribution is -2.50. The number of anilines is 1. The molecular weight excluding hydrogens is 349 g/mol. The molecule has 0 aliphatic carbocycles. The topological polar surface area (TPSA) is 101 Å². The number of nitrogens with one attached hydrogen (secondary N) is 1. The molecule has 0 unspecified atom stereocenters. The van der Waals surface area contributed by atoms with E-state index in [4.69, 9.17) is 4.42 Å². The number of nitrogens with zero attached hydrogens (tertiary/aromatic N) is 1. The Morgan fingerprint density at radius 1 is 1.40 bits per heavy atom. The predicted molar refractivity (Wildman–Crippen MR) is 78.4 cm³/mol. The Kier molecular flexibility index (Phi) is 6.19. The number of carbonyl (C=O) groups excluding carboxylic acids is 2. The van der Waals surface area contributed by atoms with Gasteiger partial charge in [0.2, 0.25) is 12.1 Å². The number of ether oxygens (including phenoxy) is 2. The van der Waals surface area contributed by atoms with Gasteiger partial charge in [0, 0.05) is 6.07 Å². The van der Waals surface area contributed by atoms with E-state index >= 15 is 0 Å². The predicted octanol–water partition coefficient (Wildman–Crippen LogP) is 1.09. The van der Waals surface area contributed by atoms with Crippen LogP contribution in [0.15, 0.2) is 10.5 Å². The van der Waals surface area contributed by atoms with Crippen molar-refractivity contribution in [1.29, 1.82) is 0 Å². The maximum absolute atomic E-state index is 13.4. The van der Waals surface area contributed by atoms with Crippen molar-refractivity contribution in [2.24, 2.45) is 0 Å². The van der Waals surface area contributed by atoms with Crippen molar-refractivity contribution in [3.63, 3.8) is 0 Å². The van der Waals surface area contributed by atoms with Gasteiger partial charge in [-0.3, -0.25) is 4.58 Å². The number of hydrogen-bond acceptors (Lipinski definition) is 6. The SMILES string of the molecule is CCOC(=O)c1cc([C@](O)(C(=O)OC)C(F)(F)F)c(NC=[N+](C)C)o1. The fraction of sp³-hybridized carbons (Fsp3) is 0.500. The maximum atomic E-state index is 13.4. The third kappa shape index (κ3) is 4.10. The number of furan rings is 1. The van der Waals surface area contributed by atoms with Crippen molar-refractivity contribution in [2.75, 3.05) is 33.1 Å². The highest BCUT2D eigenvalue weighted by Gasteiger charge is 2.64. The van der Waals surface area contributed by atoms with Gasteiger partial charge in [0.05, 0.1) is 33.4 Å². The molecular formula is C14H18F3N2O6+. The zero-order valence-corrected chi connectivity index (χ0v) is 13.9. The number of halogens is 3. The van der Waals surface area contributed by atoms with Crippen molar-refractivity contribution in [2.45, 2.75) is 18.7 Å². The molecule has 0 radical (unpaired) electrons. The lowest BCUT2D eigenvalue weighted by atomic mass is 9.94. The van der Waals surface area contributed by atoms with Gasteiger partial charge >= 0.3 is 18.1 Å². The molecule has 0 aliphatic heterocycles. The van der Waals surface area contributed by atoms with E-state index in [9.17, 15) is 27.9 Å². The van der Waals surface area contributed by atoms with Crippen LogP contribution < -0.4 is 5.32 Å². The van der Waals surface area contributed by atoms with E-state index in [1.807, 2.05) is 0 Å². The molecule has 1 atom stereocenters. The fourth-order valence-electron chi connectivity index (χ4n) is 1.78. The lowest BCUT2D eigenvalue weighted by Gasteiger charge is -2.26. The second-order valence-corrected chi connectivity index (χ2v) is 5.01. The molecule has 0 fully saturated rings. The highest BCUT2D eigenvalue weighted by molar-refractivity contribution is 5.91. The molecule has 1 heterocycles. The molecule has 0 aliphatic rings. The van der Waals surface area contributed by atoms with Crippen molar-refractivity contribution >= 4 is 24.2 Å². The average molecular weight is 367 g/mol. The van der Waals surface area contributed by atoms with Crippen LogP contribution in [0.3, 0.4) is 0 Å². The Labute approximate surface area is 140 Å². The number of carbonyl (C=O) groups is 2. The van der Waals surface area contributed by atoms with Gasteiger partial charge in [0.1, 0.15) is 0 Å². The van der Waals surface area contributed by atoms with Crippen molar-refractivity contribution in [3.05, 3.63) is 17.4 Å². The van der Waals surface area contributed by atoms with Crippen molar-refractivity contribution < 1.29 is 46.3 Å². The minimum absolute atomic E-state index is 0.0536. The molecule has 0 aromatic carbocycles. The van der Waals surface area contributed by atoms with Crippen molar-refractivity contribution in [1.82, 2.24) is 0 Å². The second-order valence-electron chi connectivity index (χ2n) is 5.01. The number of alkyl halides is 3. The molecule has 0 spiro atoms. The molecule has 1 aromatic heterocycles. The summed E-state index contributed by atoms with van der Waals surface area (Å²) in [6.07, 6.45) is -4.25. The fourth-order valence-corrected chi connectivity index (χ4v) is 1.78. The summed E-state index contributed by atoms with van der Waals surface area (Å²) in [7, 11) is 3.79. The summed E-state index contributed by atoms with van der Waals surface area (Å²) < 4.78 is 55.4. The largest absolute Gasteiger partial charge is 0.466 e. The van der Waals surface area contributed by atoms with Gasteiger partial charge in [-0.25, -0.2) is 14.9 Å². The third-order valence-corrected chi connectivity index (χ3v) is 2.94. The minimum atomic E-state index is -5.44. The Morgan fingerprint density at radius 3 is 2.44 bits per heavy atom. The molecule has 0 saturated heterocycles. The highest BCUT2D eigenvalue weighted by Crippen LogP contribution is 2.44. The Hall–Kier alpha value is -2.56. The van der Waals surface area contributed by atoms with E-state index in [2.05, 4.69) is 14.8 Å². The number of methoxy groups -OCH3 is 1. The van der Waals surface area contributed by atoms with Crippen LogP contribution >= 0.6 is 0 Å². The molecule has 0 amide bonds. The summed E-state index contributed by atoms with van der Waals surface area (Å²) in [5.41, 5.74) is -5.08. The molecule has 8 nitrogen and oxygen atoms in total. The molecule has 25 heavy (non-hydrogen) atoms. The summed E-state index contributed by atoms with van der Waals surface area (Å²) in [4.78, 5) is 23.4. The van der Waals surface area contributed by atoms with Crippen LogP contribution in [0.1, 0.15) is 23.0 Å². The van der Waals surface area contributed by atoms with Crippen LogP contribution in [0, 0.1) is 0 Å². The van der Waals surface area contributed by atoms with Gasteiger partial charge in [0.15, 0.2) is 0 Å².